The maximum Gasteiger partial charge on any atom is 0.255 e. The fourth-order valence-corrected chi connectivity index (χ4v) is 4.50. The first-order valence-electron chi connectivity index (χ1n) is 11.8. The number of carbonyl (C=O) groups is 1. The van der Waals surface area contributed by atoms with Crippen molar-refractivity contribution in [2.45, 2.75) is 33.1 Å². The number of nitrogens with zero attached hydrogens (tertiary/aromatic N) is 5. The lowest BCUT2D eigenvalue weighted by Crippen LogP contribution is -2.18. The molecule has 0 spiro atoms. The lowest BCUT2D eigenvalue weighted by molar-refractivity contribution is 0.102. The lowest BCUT2D eigenvalue weighted by atomic mass is 9.86. The number of carbonyl (C=O) groups excluding carboxylic acids is 1. The molecule has 2 N–H and O–H groups in total. The summed E-state index contributed by atoms with van der Waals surface area (Å²) in [5, 5.41) is 11.4. The SMILES string of the molecule is COc1c(NC(=O)c2ccc(C)c(-n3cc(-c4cncn4C)nn3)c2)cc(C(C)(C)C)cc1NS(C)(=O)=O. The van der Waals surface area contributed by atoms with Crippen LogP contribution in [0.3, 0.4) is 0 Å². The molecule has 0 aliphatic carbocycles. The average Bonchev–Trinajstić information content (AvgIpc) is 3.46. The zero-order valence-corrected chi connectivity index (χ0v) is 23.2. The van der Waals surface area contributed by atoms with Gasteiger partial charge in [-0.2, -0.15) is 0 Å². The van der Waals surface area contributed by atoms with E-state index in [2.05, 4.69) is 25.3 Å². The van der Waals surface area contributed by atoms with Crippen molar-refractivity contribution in [1.29, 1.82) is 0 Å². The van der Waals surface area contributed by atoms with Crippen LogP contribution in [0.15, 0.2) is 49.1 Å². The fraction of sp³-hybridized carbons (Fsp3) is 0.308. The van der Waals surface area contributed by atoms with Crippen molar-refractivity contribution >= 4 is 27.3 Å². The molecule has 12 heteroatoms. The molecule has 2 aromatic heterocycles. The Bertz CT molecular complexity index is 1610. The van der Waals surface area contributed by atoms with E-state index in [1.807, 2.05) is 45.4 Å². The van der Waals surface area contributed by atoms with Crippen LogP contribution in [0.1, 0.15) is 42.3 Å². The van der Waals surface area contributed by atoms with Gasteiger partial charge in [0.15, 0.2) is 5.75 Å². The molecule has 0 saturated heterocycles. The number of aryl methyl sites for hydroxylation is 2. The van der Waals surface area contributed by atoms with Gasteiger partial charge >= 0.3 is 0 Å². The van der Waals surface area contributed by atoms with Crippen molar-refractivity contribution in [2.75, 3.05) is 23.4 Å². The highest BCUT2D eigenvalue weighted by molar-refractivity contribution is 7.92. The van der Waals surface area contributed by atoms with Crippen LogP contribution in [-0.2, 0) is 22.5 Å². The Balaban J connectivity index is 1.71. The number of nitrogens with one attached hydrogen (secondary N) is 2. The Labute approximate surface area is 221 Å². The monoisotopic (exact) mass is 537 g/mol. The van der Waals surface area contributed by atoms with Gasteiger partial charge < -0.3 is 14.6 Å². The minimum atomic E-state index is -3.59. The van der Waals surface area contributed by atoms with Gasteiger partial charge in [0.2, 0.25) is 10.0 Å². The van der Waals surface area contributed by atoms with Gasteiger partial charge in [0.25, 0.3) is 5.91 Å². The Morgan fingerprint density at radius 1 is 1.11 bits per heavy atom. The van der Waals surface area contributed by atoms with Gasteiger partial charge in [-0.05, 0) is 47.7 Å². The smallest absolute Gasteiger partial charge is 0.255 e. The van der Waals surface area contributed by atoms with Crippen LogP contribution in [0.4, 0.5) is 11.4 Å². The summed E-state index contributed by atoms with van der Waals surface area (Å²) in [6.07, 6.45) is 6.23. The van der Waals surface area contributed by atoms with Gasteiger partial charge in [-0.25, -0.2) is 18.1 Å². The summed E-state index contributed by atoms with van der Waals surface area (Å²) >= 11 is 0. The average molecular weight is 538 g/mol. The molecular formula is C26H31N7O4S. The number of hydrogen-bond donors (Lipinski definition) is 2. The summed E-state index contributed by atoms with van der Waals surface area (Å²) in [5.74, 6) is -0.186. The second-order valence-electron chi connectivity index (χ2n) is 10.1. The predicted octanol–water partition coefficient (Wildman–Crippen LogP) is 3.91. The van der Waals surface area contributed by atoms with E-state index in [1.54, 1.807) is 47.7 Å². The maximum atomic E-state index is 13.4. The molecule has 1 amide bonds. The number of hydrogen-bond acceptors (Lipinski definition) is 7. The molecule has 0 saturated carbocycles. The molecule has 200 valence electrons. The van der Waals surface area contributed by atoms with Crippen LogP contribution < -0.4 is 14.8 Å². The fourth-order valence-electron chi connectivity index (χ4n) is 3.95. The zero-order chi connectivity index (χ0) is 27.8. The number of imidazole rings is 1. The molecule has 0 radical (unpaired) electrons. The molecule has 0 atom stereocenters. The van der Waals surface area contributed by atoms with Crippen molar-refractivity contribution in [1.82, 2.24) is 24.5 Å². The topological polar surface area (TPSA) is 133 Å². The number of amides is 1. The molecule has 2 aromatic carbocycles. The second kappa shape index (κ2) is 9.93. The largest absolute Gasteiger partial charge is 0.492 e. The lowest BCUT2D eigenvalue weighted by Gasteiger charge is -2.24. The van der Waals surface area contributed by atoms with E-state index in [0.717, 1.165) is 23.1 Å². The van der Waals surface area contributed by atoms with Gasteiger partial charge in [0.05, 0.1) is 54.8 Å². The van der Waals surface area contributed by atoms with E-state index in [9.17, 15) is 13.2 Å². The van der Waals surface area contributed by atoms with Crippen LogP contribution in [0.2, 0.25) is 0 Å². The van der Waals surface area contributed by atoms with E-state index in [-0.39, 0.29) is 16.9 Å². The first-order chi connectivity index (χ1) is 17.8. The number of aromatic nitrogens is 5. The van der Waals surface area contributed by atoms with Gasteiger partial charge in [-0.15, -0.1) is 5.10 Å². The van der Waals surface area contributed by atoms with Crippen LogP contribution in [-0.4, -0.2) is 52.2 Å². The van der Waals surface area contributed by atoms with E-state index in [0.29, 0.717) is 22.6 Å². The highest BCUT2D eigenvalue weighted by Gasteiger charge is 2.23. The summed E-state index contributed by atoms with van der Waals surface area (Å²) in [4.78, 5) is 17.5. The summed E-state index contributed by atoms with van der Waals surface area (Å²) < 4.78 is 35.5. The second-order valence-corrected chi connectivity index (χ2v) is 11.9. The third kappa shape index (κ3) is 5.70. The first-order valence-corrected chi connectivity index (χ1v) is 13.7. The summed E-state index contributed by atoms with van der Waals surface area (Å²) in [5.41, 5.74) is 4.50. The minimum Gasteiger partial charge on any atom is -0.492 e. The Hall–Kier alpha value is -4.19. The molecule has 2 heterocycles. The number of sulfonamides is 1. The quantitative estimate of drug-likeness (QED) is 0.365. The van der Waals surface area contributed by atoms with E-state index in [4.69, 9.17) is 4.74 Å². The normalized spacial score (nSPS) is 11.9. The van der Waals surface area contributed by atoms with Crippen molar-refractivity contribution in [3.05, 3.63) is 65.7 Å². The van der Waals surface area contributed by atoms with E-state index >= 15 is 0 Å². The van der Waals surface area contributed by atoms with Gasteiger partial charge in [0, 0.05) is 12.6 Å². The Kier molecular flexibility index (Phi) is 7.02. The molecule has 4 rings (SSSR count). The molecule has 4 aromatic rings. The van der Waals surface area contributed by atoms with Crippen LogP contribution in [0.25, 0.3) is 17.1 Å². The van der Waals surface area contributed by atoms with Crippen molar-refractivity contribution < 1.29 is 17.9 Å². The molecule has 11 nitrogen and oxygen atoms in total. The van der Waals surface area contributed by atoms with Crippen molar-refractivity contribution in [2.24, 2.45) is 7.05 Å². The summed E-state index contributed by atoms with van der Waals surface area (Å²) in [7, 11) is -0.299. The van der Waals surface area contributed by atoms with Gasteiger partial charge in [-0.3, -0.25) is 9.52 Å². The zero-order valence-electron chi connectivity index (χ0n) is 22.4. The van der Waals surface area contributed by atoms with Crippen LogP contribution in [0.5, 0.6) is 5.75 Å². The first kappa shape index (κ1) is 26.9. The van der Waals surface area contributed by atoms with Crippen molar-refractivity contribution in [3.63, 3.8) is 0 Å². The summed E-state index contributed by atoms with van der Waals surface area (Å²) in [6.45, 7) is 7.90. The molecule has 0 aliphatic heterocycles. The van der Waals surface area contributed by atoms with Crippen LogP contribution in [0, 0.1) is 6.92 Å². The number of anilines is 2. The van der Waals surface area contributed by atoms with E-state index < -0.39 is 15.9 Å². The highest BCUT2D eigenvalue weighted by atomic mass is 32.2. The van der Waals surface area contributed by atoms with Gasteiger partial charge in [-0.1, -0.05) is 32.1 Å². The molecular weight excluding hydrogens is 506 g/mol. The Morgan fingerprint density at radius 3 is 2.42 bits per heavy atom. The highest BCUT2D eigenvalue weighted by Crippen LogP contribution is 2.39. The number of ether oxygens (including phenoxy) is 1. The standard InChI is InChI=1S/C26H31N7O4S/c1-16-8-9-17(10-22(16)33-14-21(29-31-33)23-13-27-15-32(23)5)25(34)28-19-11-18(26(2,3)4)12-20(24(19)37-6)30-38(7,35)36/h8-15,30H,1-7H3,(H,28,34). The summed E-state index contributed by atoms with van der Waals surface area (Å²) in [6, 6.07) is 8.76. The van der Waals surface area contributed by atoms with E-state index in [1.165, 1.54) is 7.11 Å². The number of methoxy groups -OCH3 is 1. The third-order valence-electron chi connectivity index (χ3n) is 5.99. The maximum absolute atomic E-state index is 13.4. The molecule has 0 aliphatic rings. The van der Waals surface area contributed by atoms with Crippen molar-refractivity contribution in [3.8, 4) is 22.8 Å². The third-order valence-corrected chi connectivity index (χ3v) is 6.58. The number of rotatable bonds is 7. The molecule has 0 unspecified atom stereocenters. The van der Waals surface area contributed by atoms with Crippen LogP contribution >= 0.6 is 0 Å². The molecule has 0 bridgehead atoms. The molecule has 0 fully saturated rings. The minimum absolute atomic E-state index is 0.209. The molecule has 38 heavy (non-hydrogen) atoms. The Morgan fingerprint density at radius 2 is 1.82 bits per heavy atom. The van der Waals surface area contributed by atoms with Gasteiger partial charge in [0.1, 0.15) is 5.69 Å². The number of benzene rings is 2. The predicted molar refractivity (Wildman–Crippen MR) is 146 cm³/mol.